The van der Waals surface area contributed by atoms with Crippen LogP contribution in [0.3, 0.4) is 0 Å². The summed E-state index contributed by atoms with van der Waals surface area (Å²) in [6, 6.07) is 23.6. The maximum Gasteiger partial charge on any atom is 0.328 e. The van der Waals surface area contributed by atoms with E-state index in [0.29, 0.717) is 29.6 Å². The number of fused-ring (bicyclic) bond motifs is 1. The van der Waals surface area contributed by atoms with E-state index in [1.54, 1.807) is 11.1 Å². The van der Waals surface area contributed by atoms with Gasteiger partial charge in [-0.05, 0) is 29.8 Å². The molecule has 2 aromatic heterocycles. The summed E-state index contributed by atoms with van der Waals surface area (Å²) in [4.78, 5) is 15.1. The minimum absolute atomic E-state index is 0.130. The second-order valence-corrected chi connectivity index (χ2v) is 7.75. The van der Waals surface area contributed by atoms with Crippen LogP contribution in [0.2, 0.25) is 0 Å². The largest absolute Gasteiger partial charge is 0.424 e. The molecule has 5 aromatic rings. The molecule has 0 aliphatic rings. The van der Waals surface area contributed by atoms with Gasteiger partial charge in [0, 0.05) is 12.6 Å². The highest BCUT2D eigenvalue weighted by Crippen LogP contribution is 2.22. The Morgan fingerprint density at radius 2 is 1.74 bits per heavy atom. The number of aryl methyl sites for hydroxylation is 1. The molecular formula is C25H22N8O2. The van der Waals surface area contributed by atoms with Crippen molar-refractivity contribution in [2.75, 3.05) is 17.4 Å². The Morgan fingerprint density at radius 3 is 2.57 bits per heavy atom. The van der Waals surface area contributed by atoms with E-state index >= 15 is 0 Å². The van der Waals surface area contributed by atoms with E-state index in [9.17, 15) is 0 Å². The van der Waals surface area contributed by atoms with E-state index in [1.807, 2.05) is 68.6 Å². The SMILES string of the molecule is Cc1nonc1CN(C)c1nc(N/N=C\c2cccc3ccccc23)nc(Oc2ccccc2)n1. The Hall–Kier alpha value is -4.86. The van der Waals surface area contributed by atoms with E-state index in [-0.39, 0.29) is 12.0 Å². The van der Waals surface area contributed by atoms with Crippen molar-refractivity contribution < 1.29 is 9.37 Å². The van der Waals surface area contributed by atoms with Crippen LogP contribution in [0, 0.1) is 6.92 Å². The molecule has 174 valence electrons. The van der Waals surface area contributed by atoms with E-state index < -0.39 is 0 Å². The molecule has 5 rings (SSSR count). The third-order valence-corrected chi connectivity index (χ3v) is 5.22. The Balaban J connectivity index is 1.42. The first-order valence-corrected chi connectivity index (χ1v) is 10.9. The monoisotopic (exact) mass is 466 g/mol. The van der Waals surface area contributed by atoms with Crippen LogP contribution in [0.5, 0.6) is 11.8 Å². The number of para-hydroxylation sites is 1. The van der Waals surface area contributed by atoms with E-state index in [4.69, 9.17) is 9.37 Å². The molecule has 0 atom stereocenters. The van der Waals surface area contributed by atoms with Crippen LogP contribution in [0.15, 0.2) is 82.5 Å². The van der Waals surface area contributed by atoms with E-state index in [1.165, 1.54) is 0 Å². The van der Waals surface area contributed by atoms with Crippen LogP contribution in [-0.2, 0) is 6.54 Å². The van der Waals surface area contributed by atoms with Crippen molar-refractivity contribution in [1.29, 1.82) is 0 Å². The zero-order chi connectivity index (χ0) is 24.0. The quantitative estimate of drug-likeness (QED) is 0.259. The summed E-state index contributed by atoms with van der Waals surface area (Å²) in [5, 5.41) is 14.4. The maximum absolute atomic E-state index is 5.86. The van der Waals surface area contributed by atoms with Crippen LogP contribution in [0.25, 0.3) is 10.8 Å². The average molecular weight is 467 g/mol. The second kappa shape index (κ2) is 9.96. The van der Waals surface area contributed by atoms with Gasteiger partial charge in [0.15, 0.2) is 0 Å². The smallest absolute Gasteiger partial charge is 0.328 e. The van der Waals surface area contributed by atoms with Crippen LogP contribution >= 0.6 is 0 Å². The first-order valence-electron chi connectivity index (χ1n) is 10.9. The van der Waals surface area contributed by atoms with E-state index in [0.717, 1.165) is 16.3 Å². The number of ether oxygens (including phenoxy) is 1. The summed E-state index contributed by atoms with van der Waals surface area (Å²) in [5.41, 5.74) is 5.25. The van der Waals surface area contributed by atoms with Crippen molar-refractivity contribution in [1.82, 2.24) is 25.3 Å². The number of aromatic nitrogens is 5. The van der Waals surface area contributed by atoms with Crippen LogP contribution in [-0.4, -0.2) is 38.5 Å². The van der Waals surface area contributed by atoms with Crippen molar-refractivity contribution in [3.05, 3.63) is 89.7 Å². The molecule has 3 aromatic carbocycles. The Morgan fingerprint density at radius 1 is 0.943 bits per heavy atom. The summed E-state index contributed by atoms with van der Waals surface area (Å²) in [6.45, 7) is 2.22. The molecule has 10 heteroatoms. The molecule has 10 nitrogen and oxygen atoms in total. The topological polar surface area (TPSA) is 114 Å². The van der Waals surface area contributed by atoms with E-state index in [2.05, 4.69) is 54.0 Å². The fourth-order valence-electron chi connectivity index (χ4n) is 3.42. The van der Waals surface area contributed by atoms with Crippen molar-refractivity contribution in [2.45, 2.75) is 13.5 Å². The lowest BCUT2D eigenvalue weighted by atomic mass is 10.1. The van der Waals surface area contributed by atoms with Crippen LogP contribution < -0.4 is 15.1 Å². The van der Waals surface area contributed by atoms with Gasteiger partial charge in [0.2, 0.25) is 5.95 Å². The van der Waals surface area contributed by atoms with Crippen molar-refractivity contribution >= 4 is 28.9 Å². The van der Waals surface area contributed by atoms with Gasteiger partial charge < -0.3 is 9.64 Å². The molecule has 0 radical (unpaired) electrons. The molecule has 0 bridgehead atoms. The standard InChI is InChI=1S/C25H22N8O2/c1-17-22(32-35-31-17)16-33(2)24-27-23(28-25(29-24)34-20-12-4-3-5-13-20)30-26-15-19-11-8-10-18-9-6-7-14-21(18)19/h3-15H,16H2,1-2H3,(H,27,28,29,30)/b26-15-. The Kier molecular flexibility index (Phi) is 6.25. The zero-order valence-corrected chi connectivity index (χ0v) is 19.2. The summed E-state index contributed by atoms with van der Waals surface area (Å²) in [7, 11) is 1.83. The molecule has 0 saturated heterocycles. The third kappa shape index (κ3) is 5.22. The van der Waals surface area contributed by atoms with Gasteiger partial charge in [-0.3, -0.25) is 0 Å². The summed E-state index contributed by atoms with van der Waals surface area (Å²) in [5.74, 6) is 1.21. The average Bonchev–Trinajstić information content (AvgIpc) is 3.28. The molecule has 0 unspecified atom stereocenters. The van der Waals surface area contributed by atoms with Crippen molar-refractivity contribution in [3.8, 4) is 11.8 Å². The highest BCUT2D eigenvalue weighted by atomic mass is 16.6. The molecule has 0 aliphatic heterocycles. The van der Waals surface area contributed by atoms with Gasteiger partial charge in [-0.1, -0.05) is 71.0 Å². The first kappa shape index (κ1) is 22.0. The lowest BCUT2D eigenvalue weighted by molar-refractivity contribution is 0.301. The highest BCUT2D eigenvalue weighted by Gasteiger charge is 2.15. The van der Waals surface area contributed by atoms with Gasteiger partial charge in [-0.25, -0.2) is 10.1 Å². The van der Waals surface area contributed by atoms with Gasteiger partial charge in [0.05, 0.1) is 12.8 Å². The van der Waals surface area contributed by atoms with Crippen molar-refractivity contribution in [3.63, 3.8) is 0 Å². The second-order valence-electron chi connectivity index (χ2n) is 7.75. The van der Waals surface area contributed by atoms with Crippen LogP contribution in [0.1, 0.15) is 17.0 Å². The number of hydrogen-bond donors (Lipinski definition) is 1. The molecule has 35 heavy (non-hydrogen) atoms. The van der Waals surface area contributed by atoms with Gasteiger partial charge >= 0.3 is 6.01 Å². The van der Waals surface area contributed by atoms with Crippen molar-refractivity contribution in [2.24, 2.45) is 5.10 Å². The van der Waals surface area contributed by atoms with Gasteiger partial charge in [0.25, 0.3) is 5.95 Å². The fraction of sp³-hybridized carbons (Fsp3) is 0.120. The zero-order valence-electron chi connectivity index (χ0n) is 19.2. The van der Waals surface area contributed by atoms with Crippen LogP contribution in [0.4, 0.5) is 11.9 Å². The van der Waals surface area contributed by atoms with Gasteiger partial charge in [-0.15, -0.1) is 0 Å². The number of anilines is 2. The highest BCUT2D eigenvalue weighted by molar-refractivity contribution is 5.99. The maximum atomic E-state index is 5.86. The number of benzene rings is 3. The molecule has 0 spiro atoms. The summed E-state index contributed by atoms with van der Waals surface area (Å²) < 4.78 is 10.7. The Bertz CT molecular complexity index is 1460. The molecule has 0 saturated carbocycles. The fourth-order valence-corrected chi connectivity index (χ4v) is 3.42. The number of nitrogens with zero attached hydrogens (tertiary/aromatic N) is 7. The number of rotatable bonds is 8. The lowest BCUT2D eigenvalue weighted by Crippen LogP contribution is -2.21. The number of hydrogen-bond acceptors (Lipinski definition) is 10. The third-order valence-electron chi connectivity index (χ3n) is 5.22. The predicted octanol–water partition coefficient (Wildman–Crippen LogP) is 4.59. The molecule has 0 fully saturated rings. The molecular weight excluding hydrogens is 444 g/mol. The number of nitrogens with one attached hydrogen (secondary N) is 1. The lowest BCUT2D eigenvalue weighted by Gasteiger charge is -2.16. The molecule has 0 aliphatic carbocycles. The molecule has 0 amide bonds. The number of hydrazone groups is 1. The van der Waals surface area contributed by atoms with Gasteiger partial charge in [-0.2, -0.15) is 20.1 Å². The minimum Gasteiger partial charge on any atom is -0.424 e. The first-order chi connectivity index (χ1) is 17.2. The predicted molar refractivity (Wildman–Crippen MR) is 133 cm³/mol. The Labute approximate surface area is 201 Å². The normalized spacial score (nSPS) is 11.1. The molecule has 1 N–H and O–H groups in total. The summed E-state index contributed by atoms with van der Waals surface area (Å²) >= 11 is 0. The van der Waals surface area contributed by atoms with Gasteiger partial charge in [0.1, 0.15) is 17.1 Å². The molecule has 2 heterocycles. The minimum atomic E-state index is 0.130. The summed E-state index contributed by atoms with van der Waals surface area (Å²) in [6.07, 6.45) is 1.73.